The van der Waals surface area contributed by atoms with Crippen LogP contribution in [0.5, 0.6) is 0 Å². The van der Waals surface area contributed by atoms with Crippen LogP contribution in [-0.4, -0.2) is 14.5 Å². The second-order valence-corrected chi connectivity index (χ2v) is 11.2. The van der Waals surface area contributed by atoms with Crippen molar-refractivity contribution in [2.75, 3.05) is 0 Å². The molecule has 1 aromatic rings. The van der Waals surface area contributed by atoms with Gasteiger partial charge in [-0.05, 0) is 93.6 Å². The highest BCUT2D eigenvalue weighted by Gasteiger charge is 2.54. The second-order valence-electron chi connectivity index (χ2n) is 9.51. The first-order valence-electron chi connectivity index (χ1n) is 10.4. The first kappa shape index (κ1) is 18.5. The van der Waals surface area contributed by atoms with Gasteiger partial charge in [-0.1, -0.05) is 31.0 Å². The number of hydrogen-bond donors (Lipinski definition) is 1. The molecule has 4 saturated carbocycles. The van der Waals surface area contributed by atoms with E-state index in [1.165, 1.54) is 38.5 Å². The fraction of sp³-hybridized carbons (Fsp3) is 0.727. The summed E-state index contributed by atoms with van der Waals surface area (Å²) in [7, 11) is -3.47. The standard InChI is InChI=1S/C22H33NO2S/c1-4-5-21(22-12-17-9-18(13-22)11-19(10-17)14-22)23-26(24,25)20-7-6-15(2)8-16(20)3/h6-8,17-19,21,23H,4-5,9-14H2,1-3H3. The largest absolute Gasteiger partial charge is 0.241 e. The first-order chi connectivity index (χ1) is 12.3. The second kappa shape index (κ2) is 6.63. The van der Waals surface area contributed by atoms with Crippen LogP contribution in [0.25, 0.3) is 0 Å². The molecule has 4 aliphatic rings. The molecule has 1 unspecified atom stereocenters. The van der Waals surface area contributed by atoms with Gasteiger partial charge in [0.1, 0.15) is 0 Å². The van der Waals surface area contributed by atoms with Crippen molar-refractivity contribution in [2.45, 2.75) is 83.1 Å². The normalized spacial score (nSPS) is 34.2. The van der Waals surface area contributed by atoms with E-state index in [9.17, 15) is 8.42 Å². The minimum absolute atomic E-state index is 0.0894. The van der Waals surface area contributed by atoms with Crippen LogP contribution in [0.1, 0.15) is 69.4 Å². The number of aryl methyl sites for hydroxylation is 2. The van der Waals surface area contributed by atoms with Gasteiger partial charge in [0.05, 0.1) is 4.90 Å². The molecule has 4 aliphatic carbocycles. The van der Waals surface area contributed by atoms with Crippen molar-refractivity contribution in [3.8, 4) is 0 Å². The average molecular weight is 376 g/mol. The van der Waals surface area contributed by atoms with E-state index in [4.69, 9.17) is 0 Å². The Balaban J connectivity index is 1.63. The Morgan fingerprint density at radius 1 is 1.08 bits per heavy atom. The highest BCUT2D eigenvalue weighted by atomic mass is 32.2. The predicted octanol–water partition coefficient (Wildman–Crippen LogP) is 4.97. The minimum atomic E-state index is -3.47. The van der Waals surface area contributed by atoms with Crippen LogP contribution in [0.2, 0.25) is 0 Å². The van der Waals surface area contributed by atoms with Crippen molar-refractivity contribution in [1.29, 1.82) is 0 Å². The lowest BCUT2D eigenvalue weighted by Crippen LogP contribution is -2.56. The molecule has 0 saturated heterocycles. The molecular formula is C22H33NO2S. The molecule has 1 N–H and O–H groups in total. The molecule has 0 spiro atoms. The molecule has 144 valence electrons. The van der Waals surface area contributed by atoms with E-state index >= 15 is 0 Å². The zero-order chi connectivity index (χ0) is 18.5. The third-order valence-electron chi connectivity index (χ3n) is 7.32. The molecule has 1 atom stereocenters. The molecule has 26 heavy (non-hydrogen) atoms. The maximum atomic E-state index is 13.2. The van der Waals surface area contributed by atoms with Gasteiger partial charge in [-0.3, -0.25) is 0 Å². The summed E-state index contributed by atoms with van der Waals surface area (Å²) < 4.78 is 29.7. The maximum absolute atomic E-state index is 13.2. The van der Waals surface area contributed by atoms with Crippen LogP contribution in [0, 0.1) is 37.0 Å². The lowest BCUT2D eigenvalue weighted by atomic mass is 9.47. The maximum Gasteiger partial charge on any atom is 0.241 e. The Morgan fingerprint density at radius 2 is 1.65 bits per heavy atom. The van der Waals surface area contributed by atoms with Gasteiger partial charge < -0.3 is 0 Å². The summed E-state index contributed by atoms with van der Waals surface area (Å²) in [5.41, 5.74) is 2.15. The lowest BCUT2D eigenvalue weighted by molar-refractivity contribution is -0.0712. The van der Waals surface area contributed by atoms with Crippen molar-refractivity contribution >= 4 is 10.0 Å². The van der Waals surface area contributed by atoms with Crippen LogP contribution in [-0.2, 0) is 10.0 Å². The number of hydrogen-bond acceptors (Lipinski definition) is 2. The molecule has 0 aliphatic heterocycles. The Labute approximate surface area is 159 Å². The first-order valence-corrected chi connectivity index (χ1v) is 11.9. The fourth-order valence-electron chi connectivity index (χ4n) is 6.73. The molecule has 1 aromatic carbocycles. The molecule has 0 aromatic heterocycles. The smallest absolute Gasteiger partial charge is 0.208 e. The molecule has 4 heteroatoms. The van der Waals surface area contributed by atoms with E-state index in [2.05, 4.69) is 11.6 Å². The van der Waals surface area contributed by atoms with Crippen LogP contribution < -0.4 is 4.72 Å². The SMILES string of the molecule is CCCC(NS(=O)(=O)c1ccc(C)cc1C)C12CC3CC(CC(C3)C1)C2. The molecule has 3 nitrogen and oxygen atoms in total. The van der Waals surface area contributed by atoms with Gasteiger partial charge in [0, 0.05) is 6.04 Å². The fourth-order valence-corrected chi connectivity index (χ4v) is 8.33. The van der Waals surface area contributed by atoms with Crippen LogP contribution in [0.3, 0.4) is 0 Å². The molecule has 0 radical (unpaired) electrons. The number of benzene rings is 1. The zero-order valence-electron chi connectivity index (χ0n) is 16.4. The molecule has 4 fully saturated rings. The third-order valence-corrected chi connectivity index (χ3v) is 8.95. The summed E-state index contributed by atoms with van der Waals surface area (Å²) in [6.07, 6.45) is 9.86. The van der Waals surface area contributed by atoms with E-state index in [0.29, 0.717) is 4.90 Å². The van der Waals surface area contributed by atoms with Crippen LogP contribution >= 0.6 is 0 Å². The topological polar surface area (TPSA) is 46.2 Å². The Morgan fingerprint density at radius 3 is 2.15 bits per heavy atom. The lowest BCUT2D eigenvalue weighted by Gasteiger charge is -2.59. The minimum Gasteiger partial charge on any atom is -0.208 e. The number of nitrogens with one attached hydrogen (secondary N) is 1. The van der Waals surface area contributed by atoms with Crippen LogP contribution in [0.15, 0.2) is 23.1 Å². The molecule has 0 amide bonds. The quantitative estimate of drug-likeness (QED) is 0.763. The van der Waals surface area contributed by atoms with E-state index in [1.54, 1.807) is 6.07 Å². The van der Waals surface area contributed by atoms with Crippen molar-refractivity contribution in [1.82, 2.24) is 4.72 Å². The predicted molar refractivity (Wildman–Crippen MR) is 106 cm³/mol. The highest BCUT2D eigenvalue weighted by Crippen LogP contribution is 2.61. The van der Waals surface area contributed by atoms with Gasteiger partial charge >= 0.3 is 0 Å². The zero-order valence-corrected chi connectivity index (χ0v) is 17.2. The monoisotopic (exact) mass is 375 g/mol. The summed E-state index contributed by atoms with van der Waals surface area (Å²) in [5.74, 6) is 2.52. The van der Waals surface area contributed by atoms with Crippen molar-refractivity contribution in [2.24, 2.45) is 23.2 Å². The van der Waals surface area contributed by atoms with E-state index in [1.807, 2.05) is 26.0 Å². The van der Waals surface area contributed by atoms with Gasteiger partial charge in [0.15, 0.2) is 0 Å². The highest BCUT2D eigenvalue weighted by molar-refractivity contribution is 7.89. The summed E-state index contributed by atoms with van der Waals surface area (Å²) in [4.78, 5) is 0.453. The molecule has 4 bridgehead atoms. The average Bonchev–Trinajstić information content (AvgIpc) is 2.52. The van der Waals surface area contributed by atoms with Crippen molar-refractivity contribution < 1.29 is 8.42 Å². The van der Waals surface area contributed by atoms with Crippen LogP contribution in [0.4, 0.5) is 0 Å². The summed E-state index contributed by atoms with van der Waals surface area (Å²) in [6, 6.07) is 5.73. The molecule has 0 heterocycles. The number of sulfonamides is 1. The van der Waals surface area contributed by atoms with E-state index in [-0.39, 0.29) is 11.5 Å². The summed E-state index contributed by atoms with van der Waals surface area (Å²) >= 11 is 0. The summed E-state index contributed by atoms with van der Waals surface area (Å²) in [5, 5.41) is 0. The van der Waals surface area contributed by atoms with Crippen molar-refractivity contribution in [3.63, 3.8) is 0 Å². The van der Waals surface area contributed by atoms with Gasteiger partial charge in [0.25, 0.3) is 0 Å². The van der Waals surface area contributed by atoms with E-state index < -0.39 is 10.0 Å². The molecular weight excluding hydrogens is 342 g/mol. The summed E-state index contributed by atoms with van der Waals surface area (Å²) in [6.45, 7) is 6.09. The Kier molecular flexibility index (Phi) is 4.71. The van der Waals surface area contributed by atoms with E-state index in [0.717, 1.165) is 41.7 Å². The van der Waals surface area contributed by atoms with Crippen molar-refractivity contribution in [3.05, 3.63) is 29.3 Å². The Bertz CT molecular complexity index is 748. The van der Waals surface area contributed by atoms with Gasteiger partial charge in [-0.15, -0.1) is 0 Å². The molecule has 5 rings (SSSR count). The van der Waals surface area contributed by atoms with Gasteiger partial charge in [-0.25, -0.2) is 13.1 Å². The van der Waals surface area contributed by atoms with Gasteiger partial charge in [0.2, 0.25) is 10.0 Å². The van der Waals surface area contributed by atoms with Gasteiger partial charge in [-0.2, -0.15) is 0 Å². The third kappa shape index (κ3) is 3.24. The number of rotatable bonds is 6. The Hall–Kier alpha value is -0.870.